The monoisotopic (exact) mass is 263 g/mol. The predicted octanol–water partition coefficient (Wildman–Crippen LogP) is 0.491. The Morgan fingerprint density at radius 1 is 1.47 bits per heavy atom. The number of H-pyrrole nitrogens is 1. The number of ether oxygens (including phenoxy) is 1. The quantitative estimate of drug-likeness (QED) is 0.785. The van der Waals surface area contributed by atoms with Crippen LogP contribution >= 0.6 is 0 Å². The molecule has 2 N–H and O–H groups in total. The number of carbonyl (C=O) groups is 2. The van der Waals surface area contributed by atoms with Gasteiger partial charge in [0, 0.05) is 19.4 Å². The van der Waals surface area contributed by atoms with Crippen LogP contribution in [0.2, 0.25) is 0 Å². The van der Waals surface area contributed by atoms with Crippen molar-refractivity contribution in [3.05, 3.63) is 29.7 Å². The van der Waals surface area contributed by atoms with Gasteiger partial charge in [0.1, 0.15) is 0 Å². The number of hydrogen-bond acceptors (Lipinski definition) is 5. The topological polar surface area (TPSA) is 102 Å². The van der Waals surface area contributed by atoms with Gasteiger partial charge in [-0.2, -0.15) is 0 Å². The number of imidazole rings is 2. The maximum Gasteiger partial charge on any atom is 0.374 e. The first-order chi connectivity index (χ1) is 9.02. The van der Waals surface area contributed by atoms with Crippen molar-refractivity contribution in [1.29, 1.82) is 0 Å². The number of nitrogens with zero attached hydrogens (tertiary/aromatic N) is 3. The van der Waals surface area contributed by atoms with Crippen molar-refractivity contribution in [2.75, 3.05) is 12.4 Å². The van der Waals surface area contributed by atoms with E-state index in [0.29, 0.717) is 5.69 Å². The van der Waals surface area contributed by atoms with Gasteiger partial charge in [-0.3, -0.25) is 4.79 Å². The molecule has 2 rings (SSSR count). The summed E-state index contributed by atoms with van der Waals surface area (Å²) in [6.07, 6.45) is 3.18. The number of rotatable bonds is 3. The standard InChI is InChI=1S/C11H13N5O3/c1-6-7(14-8(13-6)11(18)19-3)15-10(17)9-12-4-5-16(9)2/h4-5H,1-3H3,(H,13,14)(H,15,17). The molecule has 0 aliphatic rings. The molecular formula is C11H13N5O3. The van der Waals surface area contributed by atoms with Crippen LogP contribution in [-0.2, 0) is 11.8 Å². The fourth-order valence-electron chi connectivity index (χ4n) is 1.52. The summed E-state index contributed by atoms with van der Waals surface area (Å²) in [5.41, 5.74) is 0.558. The molecular weight excluding hydrogens is 250 g/mol. The molecule has 0 saturated carbocycles. The molecule has 0 aliphatic heterocycles. The second-order valence-electron chi connectivity index (χ2n) is 3.87. The first-order valence-electron chi connectivity index (χ1n) is 5.46. The van der Waals surface area contributed by atoms with E-state index in [9.17, 15) is 9.59 Å². The van der Waals surface area contributed by atoms with Gasteiger partial charge < -0.3 is 19.6 Å². The Morgan fingerprint density at radius 2 is 2.21 bits per heavy atom. The predicted molar refractivity (Wildman–Crippen MR) is 65.8 cm³/mol. The Morgan fingerprint density at radius 3 is 2.79 bits per heavy atom. The van der Waals surface area contributed by atoms with Gasteiger partial charge in [0.2, 0.25) is 5.82 Å². The van der Waals surface area contributed by atoms with Gasteiger partial charge in [0.15, 0.2) is 11.6 Å². The van der Waals surface area contributed by atoms with Crippen LogP contribution in [-0.4, -0.2) is 38.5 Å². The molecule has 8 nitrogen and oxygen atoms in total. The lowest BCUT2D eigenvalue weighted by atomic mass is 10.4. The molecule has 0 spiro atoms. The Balaban J connectivity index is 2.20. The molecule has 0 bridgehead atoms. The number of hydrogen-bond donors (Lipinski definition) is 2. The largest absolute Gasteiger partial charge is 0.463 e. The maximum atomic E-state index is 11.9. The van der Waals surface area contributed by atoms with Crippen LogP contribution in [0.1, 0.15) is 26.9 Å². The molecule has 0 unspecified atom stereocenters. The Labute approximate surface area is 108 Å². The zero-order chi connectivity index (χ0) is 14.0. The van der Waals surface area contributed by atoms with E-state index in [1.807, 2.05) is 0 Å². The van der Waals surface area contributed by atoms with Gasteiger partial charge in [-0.1, -0.05) is 0 Å². The average Bonchev–Trinajstić information content (AvgIpc) is 2.95. The molecule has 0 fully saturated rings. The minimum absolute atomic E-state index is 0.0372. The van der Waals surface area contributed by atoms with Crippen LogP contribution < -0.4 is 5.32 Å². The summed E-state index contributed by atoms with van der Waals surface area (Å²) >= 11 is 0. The summed E-state index contributed by atoms with van der Waals surface area (Å²) in [7, 11) is 2.96. The molecule has 8 heteroatoms. The fourth-order valence-corrected chi connectivity index (χ4v) is 1.52. The third-order valence-electron chi connectivity index (χ3n) is 2.52. The van der Waals surface area contributed by atoms with Gasteiger partial charge in [-0.05, 0) is 6.92 Å². The van der Waals surface area contributed by atoms with E-state index >= 15 is 0 Å². The first-order valence-corrected chi connectivity index (χ1v) is 5.46. The zero-order valence-corrected chi connectivity index (χ0v) is 10.7. The Kier molecular flexibility index (Phi) is 3.32. The fraction of sp³-hybridized carbons (Fsp3) is 0.273. The van der Waals surface area contributed by atoms with E-state index in [0.717, 1.165) is 0 Å². The SMILES string of the molecule is COC(=O)c1nc(NC(=O)c2nccn2C)c(C)[nH]1. The summed E-state index contributed by atoms with van der Waals surface area (Å²) in [6, 6.07) is 0. The third-order valence-corrected chi connectivity index (χ3v) is 2.52. The third kappa shape index (κ3) is 2.46. The number of esters is 1. The lowest BCUT2D eigenvalue weighted by Crippen LogP contribution is -2.17. The molecule has 0 aliphatic carbocycles. The van der Waals surface area contributed by atoms with Crippen LogP contribution in [0.3, 0.4) is 0 Å². The van der Waals surface area contributed by atoms with E-state index < -0.39 is 11.9 Å². The first kappa shape index (κ1) is 12.8. The molecule has 0 aromatic carbocycles. The Hall–Kier alpha value is -2.64. The lowest BCUT2D eigenvalue weighted by molar-refractivity contribution is 0.0587. The highest BCUT2D eigenvalue weighted by molar-refractivity contribution is 6.01. The molecule has 100 valence electrons. The summed E-state index contributed by atoms with van der Waals surface area (Å²) in [5, 5.41) is 2.58. The van der Waals surface area contributed by atoms with E-state index in [2.05, 4.69) is 25.0 Å². The van der Waals surface area contributed by atoms with Crippen molar-refractivity contribution in [3.8, 4) is 0 Å². The van der Waals surface area contributed by atoms with Crippen molar-refractivity contribution in [1.82, 2.24) is 19.5 Å². The molecule has 0 saturated heterocycles. The number of aryl methyl sites for hydroxylation is 2. The molecule has 0 atom stereocenters. The van der Waals surface area contributed by atoms with E-state index in [-0.39, 0.29) is 17.5 Å². The number of aromatic nitrogens is 4. The van der Waals surface area contributed by atoms with E-state index in [1.54, 1.807) is 24.7 Å². The summed E-state index contributed by atoms with van der Waals surface area (Å²) in [5.74, 6) is -0.440. The number of methoxy groups -OCH3 is 1. The molecule has 2 aromatic heterocycles. The molecule has 2 heterocycles. The van der Waals surface area contributed by atoms with Gasteiger partial charge in [-0.15, -0.1) is 0 Å². The number of amides is 1. The minimum Gasteiger partial charge on any atom is -0.463 e. The summed E-state index contributed by atoms with van der Waals surface area (Å²) in [4.78, 5) is 33.8. The highest BCUT2D eigenvalue weighted by atomic mass is 16.5. The van der Waals surface area contributed by atoms with Gasteiger partial charge >= 0.3 is 5.97 Å². The lowest BCUT2D eigenvalue weighted by Gasteiger charge is -2.02. The highest BCUT2D eigenvalue weighted by Crippen LogP contribution is 2.12. The second kappa shape index (κ2) is 4.92. The normalized spacial score (nSPS) is 10.3. The van der Waals surface area contributed by atoms with E-state index in [1.165, 1.54) is 13.3 Å². The molecule has 0 radical (unpaired) electrons. The van der Waals surface area contributed by atoms with Crippen LogP contribution in [0.15, 0.2) is 12.4 Å². The zero-order valence-electron chi connectivity index (χ0n) is 10.7. The summed E-state index contributed by atoms with van der Waals surface area (Å²) in [6.45, 7) is 1.69. The smallest absolute Gasteiger partial charge is 0.374 e. The molecule has 2 aromatic rings. The van der Waals surface area contributed by atoms with Crippen molar-refractivity contribution in [3.63, 3.8) is 0 Å². The second-order valence-corrected chi connectivity index (χ2v) is 3.87. The van der Waals surface area contributed by atoms with Crippen molar-refractivity contribution in [2.45, 2.75) is 6.92 Å². The average molecular weight is 263 g/mol. The van der Waals surface area contributed by atoms with Gasteiger partial charge in [0.25, 0.3) is 5.91 Å². The van der Waals surface area contributed by atoms with Gasteiger partial charge in [-0.25, -0.2) is 14.8 Å². The number of aromatic amines is 1. The highest BCUT2D eigenvalue weighted by Gasteiger charge is 2.17. The maximum absolute atomic E-state index is 11.9. The molecule has 1 amide bonds. The van der Waals surface area contributed by atoms with Crippen molar-refractivity contribution in [2.24, 2.45) is 7.05 Å². The van der Waals surface area contributed by atoms with Gasteiger partial charge in [0.05, 0.1) is 12.8 Å². The minimum atomic E-state index is -0.597. The summed E-state index contributed by atoms with van der Waals surface area (Å²) < 4.78 is 6.12. The van der Waals surface area contributed by atoms with Crippen LogP contribution in [0.4, 0.5) is 5.82 Å². The van der Waals surface area contributed by atoms with Crippen LogP contribution in [0, 0.1) is 6.92 Å². The van der Waals surface area contributed by atoms with Crippen molar-refractivity contribution >= 4 is 17.7 Å². The number of anilines is 1. The van der Waals surface area contributed by atoms with Crippen LogP contribution in [0.5, 0.6) is 0 Å². The Bertz CT molecular complexity index is 628. The molecule has 19 heavy (non-hydrogen) atoms. The number of carbonyl (C=O) groups excluding carboxylic acids is 2. The van der Waals surface area contributed by atoms with E-state index in [4.69, 9.17) is 0 Å². The van der Waals surface area contributed by atoms with Crippen LogP contribution in [0.25, 0.3) is 0 Å². The number of nitrogens with one attached hydrogen (secondary N) is 2. The van der Waals surface area contributed by atoms with Crippen molar-refractivity contribution < 1.29 is 14.3 Å².